The first-order valence-corrected chi connectivity index (χ1v) is 10.3. The molecule has 5 N–H and O–H groups in total. The number of morpholine rings is 1. The van der Waals surface area contributed by atoms with E-state index in [0.29, 0.717) is 50.0 Å². The van der Waals surface area contributed by atoms with E-state index in [1.807, 2.05) is 4.90 Å². The van der Waals surface area contributed by atoms with Gasteiger partial charge in [-0.2, -0.15) is 4.98 Å². The van der Waals surface area contributed by atoms with E-state index in [0.717, 1.165) is 19.4 Å². The summed E-state index contributed by atoms with van der Waals surface area (Å²) >= 11 is 0. The van der Waals surface area contributed by atoms with Crippen molar-refractivity contribution < 1.29 is 14.3 Å². The zero-order valence-electron chi connectivity index (χ0n) is 17.6. The normalized spacial score (nSPS) is 18.6. The average molecular weight is 463 g/mol. The summed E-state index contributed by atoms with van der Waals surface area (Å²) in [6.45, 7) is 3.64. The number of halogens is 1. The fourth-order valence-electron chi connectivity index (χ4n) is 3.68. The van der Waals surface area contributed by atoms with Gasteiger partial charge in [0.25, 0.3) is 11.8 Å². The lowest BCUT2D eigenvalue weighted by Crippen LogP contribution is -2.43. The monoisotopic (exact) mass is 462 g/mol. The molecule has 11 nitrogen and oxygen atoms in total. The molecule has 12 heteroatoms. The van der Waals surface area contributed by atoms with E-state index in [1.165, 1.54) is 0 Å². The van der Waals surface area contributed by atoms with E-state index in [2.05, 4.69) is 20.5 Å². The van der Waals surface area contributed by atoms with Crippen molar-refractivity contribution in [2.75, 3.05) is 49.6 Å². The van der Waals surface area contributed by atoms with E-state index < -0.39 is 5.91 Å². The zero-order valence-corrected chi connectivity index (χ0v) is 18.4. The first kappa shape index (κ1) is 23.6. The van der Waals surface area contributed by atoms with Crippen LogP contribution in [0.15, 0.2) is 24.3 Å². The predicted molar refractivity (Wildman–Crippen MR) is 121 cm³/mol. The molecular formula is C20H27ClN8O3. The highest BCUT2D eigenvalue weighted by Gasteiger charge is 2.23. The first-order valence-electron chi connectivity index (χ1n) is 10.3. The van der Waals surface area contributed by atoms with Crippen molar-refractivity contribution in [1.29, 1.82) is 0 Å². The van der Waals surface area contributed by atoms with Crippen molar-refractivity contribution >= 4 is 41.7 Å². The van der Waals surface area contributed by atoms with Crippen molar-refractivity contribution in [3.05, 3.63) is 35.5 Å². The fraction of sp³-hybridized carbons (Fsp3) is 0.450. The van der Waals surface area contributed by atoms with E-state index in [-0.39, 0.29) is 35.9 Å². The van der Waals surface area contributed by atoms with Gasteiger partial charge in [-0.1, -0.05) is 0 Å². The molecule has 2 aromatic rings. The number of hydrogen-bond acceptors (Lipinski definition) is 9. The molecule has 0 aliphatic carbocycles. The second-order valence-electron chi connectivity index (χ2n) is 7.63. The topological polar surface area (TPSA) is 153 Å². The van der Waals surface area contributed by atoms with Crippen LogP contribution < -0.4 is 21.7 Å². The number of aromatic nitrogens is 3. The van der Waals surface area contributed by atoms with Crippen LogP contribution >= 0.6 is 12.4 Å². The number of carbonyl (C=O) groups excluding carboxylic acids is 2. The Hall–Kier alpha value is -3.02. The molecule has 0 bridgehead atoms. The number of ether oxygens (including phenoxy) is 1. The van der Waals surface area contributed by atoms with Gasteiger partial charge in [0.05, 0.1) is 13.2 Å². The van der Waals surface area contributed by atoms with Crippen LogP contribution in [0.4, 0.5) is 17.5 Å². The van der Waals surface area contributed by atoms with Crippen LogP contribution in [0.5, 0.6) is 0 Å². The Balaban J connectivity index is 0.00000289. The van der Waals surface area contributed by atoms with Gasteiger partial charge in [0, 0.05) is 43.5 Å². The lowest BCUT2D eigenvalue weighted by Gasteiger charge is -2.30. The van der Waals surface area contributed by atoms with Crippen LogP contribution in [0.3, 0.4) is 0 Å². The van der Waals surface area contributed by atoms with Gasteiger partial charge in [-0.3, -0.25) is 9.59 Å². The smallest absolute Gasteiger partial charge is 0.273 e. The largest absolute Gasteiger partial charge is 0.378 e. The number of rotatable bonds is 5. The maximum absolute atomic E-state index is 12.6. The molecule has 32 heavy (non-hydrogen) atoms. The molecule has 2 fully saturated rings. The molecule has 3 heterocycles. The predicted octanol–water partition coefficient (Wildman–Crippen LogP) is 0.536. The Kier molecular flexibility index (Phi) is 7.78. The lowest BCUT2D eigenvalue weighted by molar-refractivity contribution is 0.0303. The highest BCUT2D eigenvalue weighted by Crippen LogP contribution is 2.22. The third kappa shape index (κ3) is 5.42. The molecule has 1 aromatic carbocycles. The van der Waals surface area contributed by atoms with E-state index in [4.69, 9.17) is 16.2 Å². The number of benzene rings is 1. The second-order valence-corrected chi connectivity index (χ2v) is 7.63. The van der Waals surface area contributed by atoms with Gasteiger partial charge < -0.3 is 31.3 Å². The zero-order chi connectivity index (χ0) is 21.8. The molecule has 0 radical (unpaired) electrons. The summed E-state index contributed by atoms with van der Waals surface area (Å²) in [7, 11) is 0. The van der Waals surface area contributed by atoms with Gasteiger partial charge >= 0.3 is 0 Å². The van der Waals surface area contributed by atoms with Crippen LogP contribution in [0.2, 0.25) is 0 Å². The number of nitrogens with zero attached hydrogens (tertiary/aromatic N) is 5. The quantitative estimate of drug-likeness (QED) is 0.577. The summed E-state index contributed by atoms with van der Waals surface area (Å²) < 4.78 is 5.29. The van der Waals surface area contributed by atoms with Gasteiger partial charge in [-0.15, -0.1) is 22.6 Å². The fourth-order valence-corrected chi connectivity index (χ4v) is 3.68. The Morgan fingerprint density at radius 3 is 2.47 bits per heavy atom. The molecular weight excluding hydrogens is 436 g/mol. The lowest BCUT2D eigenvalue weighted by atomic mass is 10.1. The molecule has 1 atom stereocenters. The van der Waals surface area contributed by atoms with Crippen molar-refractivity contribution in [1.82, 2.24) is 20.1 Å². The first-order chi connectivity index (χ1) is 15.0. The van der Waals surface area contributed by atoms with E-state index >= 15 is 0 Å². The van der Waals surface area contributed by atoms with Crippen LogP contribution in [0, 0.1) is 0 Å². The number of hydrogen-bond donors (Lipinski definition) is 3. The van der Waals surface area contributed by atoms with E-state index in [1.54, 1.807) is 29.2 Å². The number of nitrogens with one attached hydrogen (secondary N) is 1. The van der Waals surface area contributed by atoms with Crippen molar-refractivity contribution in [3.8, 4) is 0 Å². The molecule has 172 valence electrons. The molecule has 4 rings (SSSR count). The second kappa shape index (κ2) is 10.5. The summed E-state index contributed by atoms with van der Waals surface area (Å²) in [5.41, 5.74) is 12.7. The summed E-state index contributed by atoms with van der Waals surface area (Å²) in [4.78, 5) is 32.6. The van der Waals surface area contributed by atoms with Crippen LogP contribution in [-0.2, 0) is 4.74 Å². The van der Waals surface area contributed by atoms with Gasteiger partial charge in [-0.05, 0) is 37.1 Å². The number of primary amides is 1. The van der Waals surface area contributed by atoms with Gasteiger partial charge in [-0.25, -0.2) is 0 Å². The van der Waals surface area contributed by atoms with Crippen molar-refractivity contribution in [3.63, 3.8) is 0 Å². The molecule has 1 aromatic heterocycles. The van der Waals surface area contributed by atoms with E-state index in [9.17, 15) is 9.59 Å². The Morgan fingerprint density at radius 2 is 1.81 bits per heavy atom. The highest BCUT2D eigenvalue weighted by atomic mass is 35.5. The standard InChI is InChI=1S/C20H26N8O3.ClH/c21-14-2-1-7-28(12-14)20-24-18(16(17(22)29)25-26-20)23-15-5-3-13(4-6-15)19(30)27-8-10-31-11-9-27;/h3-6,14H,1-2,7-12,21H2,(H2,22,29)(H,23,24,26);1H/t14-;/m1./s1. The van der Waals surface area contributed by atoms with Gasteiger partial charge in [0.1, 0.15) is 0 Å². The average Bonchev–Trinajstić information content (AvgIpc) is 2.79. The third-order valence-electron chi connectivity index (χ3n) is 5.34. The summed E-state index contributed by atoms with van der Waals surface area (Å²) in [6.07, 6.45) is 1.88. The van der Waals surface area contributed by atoms with Crippen LogP contribution in [0.1, 0.15) is 33.7 Å². The molecule has 2 amide bonds. The SMILES string of the molecule is Cl.NC(=O)c1nnc(N2CCC[C@@H](N)C2)nc1Nc1ccc(C(=O)N2CCOCC2)cc1. The summed E-state index contributed by atoms with van der Waals surface area (Å²) in [5, 5.41) is 11.1. The maximum Gasteiger partial charge on any atom is 0.273 e. The number of piperidine rings is 1. The van der Waals surface area contributed by atoms with Gasteiger partial charge in [0.2, 0.25) is 5.95 Å². The Morgan fingerprint density at radius 1 is 1.09 bits per heavy atom. The minimum absolute atomic E-state index is 0. The minimum atomic E-state index is -0.733. The molecule has 2 saturated heterocycles. The van der Waals surface area contributed by atoms with Crippen molar-refractivity contribution in [2.24, 2.45) is 11.5 Å². The summed E-state index contributed by atoms with van der Waals surface area (Å²) in [6, 6.07) is 6.99. The van der Waals surface area contributed by atoms with Crippen LogP contribution in [0.25, 0.3) is 0 Å². The number of amides is 2. The van der Waals surface area contributed by atoms with Gasteiger partial charge in [0.15, 0.2) is 11.5 Å². The minimum Gasteiger partial charge on any atom is -0.378 e. The molecule has 2 aliphatic heterocycles. The number of nitrogens with two attached hydrogens (primary N) is 2. The molecule has 0 saturated carbocycles. The maximum atomic E-state index is 12.6. The molecule has 0 spiro atoms. The van der Waals surface area contributed by atoms with Crippen LogP contribution in [-0.4, -0.2) is 77.3 Å². The Labute approximate surface area is 191 Å². The highest BCUT2D eigenvalue weighted by molar-refractivity contribution is 5.97. The third-order valence-corrected chi connectivity index (χ3v) is 5.34. The van der Waals surface area contributed by atoms with Crippen molar-refractivity contribution in [2.45, 2.75) is 18.9 Å². The Bertz CT molecular complexity index is 952. The number of anilines is 3. The number of carbonyl (C=O) groups is 2. The molecule has 2 aliphatic rings. The molecule has 0 unspecified atom stereocenters. The summed E-state index contributed by atoms with van der Waals surface area (Å²) in [5.74, 6) is -0.172.